The van der Waals surface area contributed by atoms with E-state index in [1.54, 1.807) is 23.5 Å². The van der Waals surface area contributed by atoms with Crippen LogP contribution in [-0.2, 0) is 0 Å². The second kappa shape index (κ2) is 5.59. The van der Waals surface area contributed by atoms with Crippen molar-refractivity contribution in [1.29, 1.82) is 0 Å². The van der Waals surface area contributed by atoms with Crippen molar-refractivity contribution in [2.24, 2.45) is 11.7 Å². The molecule has 2 nitrogen and oxygen atoms in total. The van der Waals surface area contributed by atoms with Crippen LogP contribution in [0.2, 0.25) is 0 Å². The molecule has 18 heavy (non-hydrogen) atoms. The number of hydrogen-bond acceptors (Lipinski definition) is 3. The maximum atomic E-state index is 12.9. The molecule has 0 spiro atoms. The Morgan fingerprint density at radius 1 is 1.28 bits per heavy atom. The van der Waals surface area contributed by atoms with Gasteiger partial charge in [0.25, 0.3) is 0 Å². The highest BCUT2D eigenvalue weighted by atomic mass is 32.1. The van der Waals surface area contributed by atoms with Crippen LogP contribution in [0.4, 0.5) is 4.39 Å². The first-order valence-corrected chi connectivity index (χ1v) is 6.91. The monoisotopic (exact) mass is 264 g/mol. The van der Waals surface area contributed by atoms with E-state index >= 15 is 0 Å². The highest BCUT2D eigenvalue weighted by molar-refractivity contribution is 7.13. The van der Waals surface area contributed by atoms with Crippen molar-refractivity contribution in [1.82, 2.24) is 4.98 Å². The van der Waals surface area contributed by atoms with Gasteiger partial charge in [-0.15, -0.1) is 11.3 Å². The van der Waals surface area contributed by atoms with Gasteiger partial charge in [-0.05, 0) is 30.2 Å². The molecule has 0 aliphatic heterocycles. The van der Waals surface area contributed by atoms with Crippen molar-refractivity contribution < 1.29 is 4.39 Å². The third-order valence-corrected chi connectivity index (χ3v) is 3.96. The van der Waals surface area contributed by atoms with Gasteiger partial charge in [0.15, 0.2) is 0 Å². The summed E-state index contributed by atoms with van der Waals surface area (Å²) >= 11 is 1.58. The van der Waals surface area contributed by atoms with Gasteiger partial charge in [0.2, 0.25) is 0 Å². The maximum absolute atomic E-state index is 12.9. The van der Waals surface area contributed by atoms with Gasteiger partial charge in [-0.2, -0.15) is 0 Å². The zero-order valence-corrected chi connectivity index (χ0v) is 11.4. The van der Waals surface area contributed by atoms with E-state index in [0.29, 0.717) is 12.5 Å². The van der Waals surface area contributed by atoms with Gasteiger partial charge in [0.1, 0.15) is 10.8 Å². The Morgan fingerprint density at radius 2 is 1.94 bits per heavy atom. The van der Waals surface area contributed by atoms with Gasteiger partial charge in [-0.3, -0.25) is 0 Å². The maximum Gasteiger partial charge on any atom is 0.123 e. The van der Waals surface area contributed by atoms with Crippen LogP contribution in [0.5, 0.6) is 0 Å². The quantitative estimate of drug-likeness (QED) is 0.915. The highest BCUT2D eigenvalue weighted by Crippen LogP contribution is 2.29. The Morgan fingerprint density at radius 3 is 2.50 bits per heavy atom. The van der Waals surface area contributed by atoms with Crippen molar-refractivity contribution in [2.75, 3.05) is 6.54 Å². The average Bonchev–Trinajstić information content (AvgIpc) is 2.80. The van der Waals surface area contributed by atoms with E-state index in [-0.39, 0.29) is 11.7 Å². The molecule has 2 aromatic rings. The lowest BCUT2D eigenvalue weighted by molar-refractivity contribution is 0.498. The summed E-state index contributed by atoms with van der Waals surface area (Å²) < 4.78 is 12.9. The van der Waals surface area contributed by atoms with Crippen molar-refractivity contribution in [3.8, 4) is 10.6 Å². The molecule has 0 bridgehead atoms. The lowest BCUT2D eigenvalue weighted by atomic mass is 9.93. The summed E-state index contributed by atoms with van der Waals surface area (Å²) in [5, 5.41) is 2.97. The van der Waals surface area contributed by atoms with Gasteiger partial charge in [-0.25, -0.2) is 9.37 Å². The number of nitrogens with zero attached hydrogens (tertiary/aromatic N) is 1. The van der Waals surface area contributed by atoms with E-state index in [1.165, 1.54) is 12.1 Å². The van der Waals surface area contributed by atoms with Crippen molar-refractivity contribution in [3.05, 3.63) is 41.2 Å². The van der Waals surface area contributed by atoms with Crippen LogP contribution in [0.1, 0.15) is 25.5 Å². The molecule has 4 heteroatoms. The molecule has 1 aromatic heterocycles. The summed E-state index contributed by atoms with van der Waals surface area (Å²) in [6, 6.07) is 6.42. The molecule has 96 valence electrons. The van der Waals surface area contributed by atoms with E-state index in [4.69, 9.17) is 5.73 Å². The van der Waals surface area contributed by atoms with Crippen LogP contribution in [0.25, 0.3) is 10.6 Å². The second-order valence-electron chi connectivity index (χ2n) is 4.67. The van der Waals surface area contributed by atoms with Crippen LogP contribution in [-0.4, -0.2) is 11.5 Å². The van der Waals surface area contributed by atoms with E-state index < -0.39 is 0 Å². The lowest BCUT2D eigenvalue weighted by Crippen LogP contribution is -2.18. The molecule has 1 atom stereocenters. The molecule has 0 saturated carbocycles. The largest absolute Gasteiger partial charge is 0.330 e. The first-order chi connectivity index (χ1) is 8.61. The molecule has 1 unspecified atom stereocenters. The Hall–Kier alpha value is -1.26. The van der Waals surface area contributed by atoms with E-state index in [9.17, 15) is 4.39 Å². The molecule has 0 amide bonds. The van der Waals surface area contributed by atoms with E-state index in [0.717, 1.165) is 16.3 Å². The van der Waals surface area contributed by atoms with Crippen molar-refractivity contribution in [3.63, 3.8) is 0 Å². The minimum Gasteiger partial charge on any atom is -0.330 e. The summed E-state index contributed by atoms with van der Waals surface area (Å²) in [7, 11) is 0. The van der Waals surface area contributed by atoms with Gasteiger partial charge < -0.3 is 5.73 Å². The second-order valence-corrected chi connectivity index (χ2v) is 5.53. The average molecular weight is 264 g/mol. The lowest BCUT2D eigenvalue weighted by Gasteiger charge is -2.15. The van der Waals surface area contributed by atoms with Gasteiger partial charge in [-0.1, -0.05) is 13.8 Å². The predicted octanol–water partition coefficient (Wildman–Crippen LogP) is 3.65. The smallest absolute Gasteiger partial charge is 0.123 e. The number of rotatable bonds is 4. The summed E-state index contributed by atoms with van der Waals surface area (Å²) in [5.41, 5.74) is 7.78. The minimum absolute atomic E-state index is 0.224. The van der Waals surface area contributed by atoms with Crippen LogP contribution >= 0.6 is 11.3 Å². The fraction of sp³-hybridized carbons (Fsp3) is 0.357. The first kappa shape index (κ1) is 13.2. The van der Waals surface area contributed by atoms with Gasteiger partial charge in [0, 0.05) is 23.4 Å². The molecular formula is C14H17FN2S. The minimum atomic E-state index is -0.224. The number of hydrogen-bond donors (Lipinski definition) is 1. The van der Waals surface area contributed by atoms with Crippen LogP contribution in [0, 0.1) is 11.7 Å². The molecule has 0 aliphatic carbocycles. The van der Waals surface area contributed by atoms with Gasteiger partial charge in [0.05, 0.1) is 5.69 Å². The number of thiazole rings is 1. The number of aromatic nitrogens is 1. The Kier molecular flexibility index (Phi) is 4.09. The third-order valence-electron chi connectivity index (χ3n) is 3.05. The predicted molar refractivity (Wildman–Crippen MR) is 74.1 cm³/mol. The normalized spacial score (nSPS) is 12.9. The SMILES string of the molecule is CC(C)C(CN)c1csc(-c2ccc(F)cc2)n1. The topological polar surface area (TPSA) is 38.9 Å². The molecule has 2 rings (SSSR count). The molecule has 0 radical (unpaired) electrons. The van der Waals surface area contributed by atoms with Crippen LogP contribution in [0.15, 0.2) is 29.6 Å². The molecule has 0 aliphatic rings. The molecule has 0 saturated heterocycles. The van der Waals surface area contributed by atoms with E-state index in [1.807, 2.05) is 0 Å². The Bertz CT molecular complexity index is 505. The van der Waals surface area contributed by atoms with Crippen LogP contribution in [0.3, 0.4) is 0 Å². The fourth-order valence-corrected chi connectivity index (χ4v) is 2.81. The molecule has 1 heterocycles. The zero-order chi connectivity index (χ0) is 13.1. The Balaban J connectivity index is 2.27. The summed E-state index contributed by atoms with van der Waals surface area (Å²) in [6.07, 6.45) is 0. The van der Waals surface area contributed by atoms with Gasteiger partial charge >= 0.3 is 0 Å². The zero-order valence-electron chi connectivity index (χ0n) is 10.6. The molecule has 2 N–H and O–H groups in total. The molecule has 1 aromatic carbocycles. The molecule has 0 fully saturated rings. The Labute approximate surface area is 111 Å². The molecular weight excluding hydrogens is 247 g/mol. The van der Waals surface area contributed by atoms with E-state index in [2.05, 4.69) is 24.2 Å². The number of benzene rings is 1. The van der Waals surface area contributed by atoms with Crippen molar-refractivity contribution >= 4 is 11.3 Å². The summed E-state index contributed by atoms with van der Waals surface area (Å²) in [4.78, 5) is 4.62. The third kappa shape index (κ3) is 2.76. The first-order valence-electron chi connectivity index (χ1n) is 6.03. The standard InChI is InChI=1S/C14H17FN2S/c1-9(2)12(7-16)13-8-18-14(17-13)10-3-5-11(15)6-4-10/h3-6,8-9,12H,7,16H2,1-2H3. The number of nitrogens with two attached hydrogens (primary N) is 1. The summed E-state index contributed by atoms with van der Waals surface area (Å²) in [6.45, 7) is 4.90. The van der Waals surface area contributed by atoms with Crippen LogP contribution < -0.4 is 5.73 Å². The van der Waals surface area contributed by atoms with Crippen molar-refractivity contribution in [2.45, 2.75) is 19.8 Å². The highest BCUT2D eigenvalue weighted by Gasteiger charge is 2.17. The number of halogens is 1. The summed E-state index contributed by atoms with van der Waals surface area (Å²) in [5.74, 6) is 0.533. The fourth-order valence-electron chi connectivity index (χ4n) is 1.92.